The third-order valence-electron chi connectivity index (χ3n) is 4.77. The fourth-order valence-electron chi connectivity index (χ4n) is 3.30. The highest BCUT2D eigenvalue weighted by atomic mass is 32.2. The van der Waals surface area contributed by atoms with Crippen molar-refractivity contribution in [1.82, 2.24) is 14.5 Å². The van der Waals surface area contributed by atoms with Gasteiger partial charge in [-0.1, -0.05) is 19.6 Å². The number of rotatable bonds is 2. The van der Waals surface area contributed by atoms with Crippen LogP contribution in [-0.4, -0.2) is 41.2 Å². The lowest BCUT2D eigenvalue weighted by Crippen LogP contribution is -2.49. The molecule has 3 aliphatic rings. The van der Waals surface area contributed by atoms with Crippen molar-refractivity contribution in [2.75, 3.05) is 6.54 Å². The van der Waals surface area contributed by atoms with E-state index >= 15 is 0 Å². The van der Waals surface area contributed by atoms with Crippen LogP contribution < -0.4 is 0 Å². The van der Waals surface area contributed by atoms with Gasteiger partial charge in [-0.2, -0.15) is 8.42 Å². The molecule has 0 unspecified atom stereocenters. The van der Waals surface area contributed by atoms with E-state index in [1.807, 2.05) is 7.05 Å². The number of fused-ring (bicyclic) bond motifs is 5. The molecule has 0 radical (unpaired) electrons. The fourth-order valence-corrected chi connectivity index (χ4v) is 4.48. The Morgan fingerprint density at radius 1 is 1.25 bits per heavy atom. The van der Waals surface area contributed by atoms with E-state index in [1.165, 1.54) is 17.0 Å². The molecule has 0 aliphatic carbocycles. The topological polar surface area (TPSA) is 90.7 Å². The molecule has 1 fully saturated rings. The normalized spacial score (nSPS) is 23.8. The first-order valence-corrected chi connectivity index (χ1v) is 9.96. The quantitative estimate of drug-likeness (QED) is 0.714. The largest absolute Gasteiger partial charge is 0.444 e. The molecule has 1 saturated heterocycles. The second-order valence-electron chi connectivity index (χ2n) is 6.57. The summed E-state index contributed by atoms with van der Waals surface area (Å²) in [6, 6.07) is 6.13. The van der Waals surface area contributed by atoms with E-state index in [1.54, 1.807) is 41.2 Å². The lowest BCUT2D eigenvalue weighted by molar-refractivity contribution is -0.0101. The van der Waals surface area contributed by atoms with Crippen molar-refractivity contribution in [1.29, 1.82) is 0 Å². The number of ether oxygens (including phenoxy) is 1. The summed E-state index contributed by atoms with van der Waals surface area (Å²) < 4.78 is 38.5. The summed E-state index contributed by atoms with van der Waals surface area (Å²) in [7, 11) is -2.27. The van der Waals surface area contributed by atoms with Crippen molar-refractivity contribution in [3.63, 3.8) is 0 Å². The van der Waals surface area contributed by atoms with Gasteiger partial charge in [0.2, 0.25) is 0 Å². The maximum atomic E-state index is 12.9. The number of aromatic nitrogens is 2. The SMILES string of the molecule is C.Cn1ccnc1C=C[C@@]12CCCN1C(=O)OCc1ccc(cc1)S(=O)(=O)O2. The highest BCUT2D eigenvalue weighted by molar-refractivity contribution is 7.86. The third-order valence-corrected chi connectivity index (χ3v) is 6.13. The summed E-state index contributed by atoms with van der Waals surface area (Å²) >= 11 is 0. The van der Waals surface area contributed by atoms with Gasteiger partial charge >= 0.3 is 6.09 Å². The first-order valence-electron chi connectivity index (χ1n) is 8.55. The molecule has 8 nitrogen and oxygen atoms in total. The van der Waals surface area contributed by atoms with Crippen molar-refractivity contribution < 1.29 is 22.1 Å². The first kappa shape index (κ1) is 20.1. The van der Waals surface area contributed by atoms with Crippen molar-refractivity contribution in [3.8, 4) is 0 Å². The van der Waals surface area contributed by atoms with Crippen LogP contribution in [0.25, 0.3) is 6.08 Å². The van der Waals surface area contributed by atoms with Crippen LogP contribution in [0.1, 0.15) is 31.7 Å². The summed E-state index contributed by atoms with van der Waals surface area (Å²) in [4.78, 5) is 18.2. The van der Waals surface area contributed by atoms with Crippen LogP contribution >= 0.6 is 0 Å². The van der Waals surface area contributed by atoms with E-state index in [4.69, 9.17) is 8.92 Å². The Morgan fingerprint density at radius 2 is 2.00 bits per heavy atom. The predicted octanol–water partition coefficient (Wildman–Crippen LogP) is 2.92. The number of amides is 1. The van der Waals surface area contributed by atoms with Gasteiger partial charge in [0.05, 0.1) is 4.90 Å². The average Bonchev–Trinajstić information content (AvgIpc) is 3.23. The molecule has 1 amide bonds. The molecule has 2 bridgehead atoms. The summed E-state index contributed by atoms with van der Waals surface area (Å²) in [6.07, 6.45) is 6.95. The van der Waals surface area contributed by atoms with Crippen LogP contribution in [0.3, 0.4) is 0 Å². The van der Waals surface area contributed by atoms with Gasteiger partial charge in [0.15, 0.2) is 5.72 Å². The highest BCUT2D eigenvalue weighted by Gasteiger charge is 2.47. The summed E-state index contributed by atoms with van der Waals surface area (Å²) in [5.74, 6) is 0.615. The van der Waals surface area contributed by atoms with Crippen molar-refractivity contribution >= 4 is 22.3 Å². The Labute approximate surface area is 164 Å². The minimum atomic E-state index is -4.09. The van der Waals surface area contributed by atoms with E-state index in [9.17, 15) is 13.2 Å². The molecule has 1 aromatic carbocycles. The maximum Gasteiger partial charge on any atom is 0.412 e. The maximum absolute atomic E-state index is 12.9. The predicted molar refractivity (Wildman–Crippen MR) is 103 cm³/mol. The molecule has 1 atom stereocenters. The van der Waals surface area contributed by atoms with Crippen LogP contribution in [0.15, 0.2) is 47.6 Å². The Kier molecular flexibility index (Phi) is 5.31. The lowest BCUT2D eigenvalue weighted by Gasteiger charge is -2.33. The molecule has 0 N–H and O–H groups in total. The zero-order valence-corrected chi connectivity index (χ0v) is 15.6. The van der Waals surface area contributed by atoms with Crippen LogP contribution in [0.2, 0.25) is 0 Å². The third kappa shape index (κ3) is 3.55. The van der Waals surface area contributed by atoms with Gasteiger partial charge in [-0.25, -0.2) is 14.0 Å². The standard InChI is InChI=1S/C18H19N3O5S.CH4/c1-20-12-10-19-16(20)7-9-18-8-2-11-21(18)17(22)25-13-14-3-5-15(6-4-14)27(23,24)26-18;/h3-7,9-10,12H,2,8,11,13H2,1H3;1H4/t18-;/m0./s1. The van der Waals surface area contributed by atoms with Crippen molar-refractivity contribution in [3.05, 3.63) is 54.1 Å². The number of hydrogen-bond donors (Lipinski definition) is 0. The Morgan fingerprint density at radius 3 is 2.68 bits per heavy atom. The number of carbonyl (C=O) groups excluding carboxylic acids is 1. The van der Waals surface area contributed by atoms with Crippen molar-refractivity contribution in [2.45, 2.75) is 37.5 Å². The zero-order valence-electron chi connectivity index (χ0n) is 14.7. The highest BCUT2D eigenvalue weighted by Crippen LogP contribution is 2.37. The second kappa shape index (κ2) is 7.40. The van der Waals surface area contributed by atoms with Gasteiger partial charge in [-0.3, -0.25) is 4.90 Å². The smallest absolute Gasteiger partial charge is 0.412 e. The summed E-state index contributed by atoms with van der Waals surface area (Å²) in [5.41, 5.74) is -0.749. The molecule has 150 valence electrons. The minimum absolute atomic E-state index is 0. The Balaban J connectivity index is 0.00000225. The first-order chi connectivity index (χ1) is 12.9. The van der Waals surface area contributed by atoms with Crippen LogP contribution in [0.4, 0.5) is 4.79 Å². The monoisotopic (exact) mass is 405 g/mol. The van der Waals surface area contributed by atoms with E-state index in [0.717, 1.165) is 0 Å². The van der Waals surface area contributed by atoms with Gasteiger partial charge < -0.3 is 9.30 Å². The molecular weight excluding hydrogens is 382 g/mol. The molecule has 4 heterocycles. The molecule has 2 aromatic rings. The molecule has 3 aliphatic heterocycles. The zero-order chi connectivity index (χ0) is 19.1. The van der Waals surface area contributed by atoms with Gasteiger partial charge in [-0.05, 0) is 36.3 Å². The van der Waals surface area contributed by atoms with Gasteiger partial charge in [0.1, 0.15) is 12.4 Å². The molecule has 1 aromatic heterocycles. The van der Waals surface area contributed by atoms with Crippen LogP contribution in [0.5, 0.6) is 0 Å². The average molecular weight is 405 g/mol. The summed E-state index contributed by atoms with van der Waals surface area (Å²) in [6.45, 7) is 0.402. The fraction of sp³-hybridized carbons (Fsp3) is 0.368. The van der Waals surface area contributed by atoms with Gasteiger partial charge in [0, 0.05) is 32.4 Å². The second-order valence-corrected chi connectivity index (χ2v) is 8.11. The summed E-state index contributed by atoms with van der Waals surface area (Å²) in [5, 5.41) is 0. The minimum Gasteiger partial charge on any atom is -0.444 e. The van der Waals surface area contributed by atoms with E-state index in [0.29, 0.717) is 30.8 Å². The molecule has 9 heteroatoms. The van der Waals surface area contributed by atoms with E-state index in [2.05, 4.69) is 4.98 Å². The number of imidazole rings is 1. The van der Waals surface area contributed by atoms with E-state index in [-0.39, 0.29) is 18.9 Å². The molecule has 28 heavy (non-hydrogen) atoms. The molecule has 0 spiro atoms. The number of nitrogens with zero attached hydrogens (tertiary/aromatic N) is 3. The number of aryl methyl sites for hydroxylation is 1. The molecule has 0 saturated carbocycles. The van der Waals surface area contributed by atoms with Gasteiger partial charge in [0.25, 0.3) is 10.1 Å². The van der Waals surface area contributed by atoms with Gasteiger partial charge in [-0.15, -0.1) is 0 Å². The Bertz CT molecular complexity index is 997. The lowest BCUT2D eigenvalue weighted by atomic mass is 10.1. The van der Waals surface area contributed by atoms with Crippen LogP contribution in [-0.2, 0) is 32.7 Å². The molecular formula is C19H23N3O5S. The number of benzene rings is 1. The number of carbonyl (C=O) groups is 1. The van der Waals surface area contributed by atoms with E-state index < -0.39 is 21.9 Å². The number of hydrogen-bond acceptors (Lipinski definition) is 6. The Hall–Kier alpha value is -2.65. The van der Waals surface area contributed by atoms with Crippen LogP contribution in [0, 0.1) is 0 Å². The van der Waals surface area contributed by atoms with Crippen molar-refractivity contribution in [2.24, 2.45) is 7.05 Å². The molecule has 5 rings (SSSR count).